The van der Waals surface area contributed by atoms with Crippen molar-refractivity contribution in [2.45, 2.75) is 46.1 Å². The third-order valence-electron chi connectivity index (χ3n) is 3.53. The fourth-order valence-corrected chi connectivity index (χ4v) is 2.37. The SMILES string of the molecule is Cc1cccc(C)c1OCCCCCCn1ccnc1. The summed E-state index contributed by atoms with van der Waals surface area (Å²) < 4.78 is 8.04. The summed E-state index contributed by atoms with van der Waals surface area (Å²) in [7, 11) is 0. The van der Waals surface area contributed by atoms with Crippen LogP contribution < -0.4 is 4.74 Å². The molecule has 0 aliphatic rings. The maximum atomic E-state index is 5.90. The Morgan fingerprint density at radius 2 is 1.80 bits per heavy atom. The van der Waals surface area contributed by atoms with E-state index in [0.29, 0.717) is 0 Å². The van der Waals surface area contributed by atoms with Crippen molar-refractivity contribution in [1.82, 2.24) is 9.55 Å². The second kappa shape index (κ2) is 7.73. The minimum Gasteiger partial charge on any atom is -0.493 e. The van der Waals surface area contributed by atoms with Crippen LogP contribution in [0.5, 0.6) is 5.75 Å². The number of hydrogen-bond donors (Lipinski definition) is 0. The molecule has 0 atom stereocenters. The lowest BCUT2D eigenvalue weighted by Gasteiger charge is -2.11. The molecule has 0 aliphatic carbocycles. The van der Waals surface area contributed by atoms with Gasteiger partial charge >= 0.3 is 0 Å². The van der Waals surface area contributed by atoms with E-state index in [1.165, 1.54) is 30.4 Å². The summed E-state index contributed by atoms with van der Waals surface area (Å²) in [5.41, 5.74) is 2.45. The van der Waals surface area contributed by atoms with Crippen LogP contribution in [0.2, 0.25) is 0 Å². The van der Waals surface area contributed by atoms with Crippen molar-refractivity contribution in [2.24, 2.45) is 0 Å². The van der Waals surface area contributed by atoms with Crippen LogP contribution in [0.25, 0.3) is 0 Å². The molecule has 108 valence electrons. The first-order valence-electron chi connectivity index (χ1n) is 7.42. The van der Waals surface area contributed by atoms with Crippen molar-refractivity contribution in [3.05, 3.63) is 48.0 Å². The van der Waals surface area contributed by atoms with Crippen LogP contribution in [0.3, 0.4) is 0 Å². The Hall–Kier alpha value is -1.77. The van der Waals surface area contributed by atoms with Crippen LogP contribution >= 0.6 is 0 Å². The summed E-state index contributed by atoms with van der Waals surface area (Å²) in [5.74, 6) is 1.06. The normalized spacial score (nSPS) is 10.7. The van der Waals surface area contributed by atoms with Gasteiger partial charge in [-0.25, -0.2) is 4.98 Å². The number of nitrogens with zero attached hydrogens (tertiary/aromatic N) is 2. The van der Waals surface area contributed by atoms with Gasteiger partial charge in [0.1, 0.15) is 5.75 Å². The molecule has 1 aromatic carbocycles. The first-order valence-corrected chi connectivity index (χ1v) is 7.42. The van der Waals surface area contributed by atoms with E-state index in [1.807, 2.05) is 18.7 Å². The zero-order valence-electron chi connectivity index (χ0n) is 12.5. The van der Waals surface area contributed by atoms with E-state index < -0.39 is 0 Å². The highest BCUT2D eigenvalue weighted by molar-refractivity contribution is 5.39. The molecule has 0 spiro atoms. The molecule has 3 heteroatoms. The quantitative estimate of drug-likeness (QED) is 0.675. The monoisotopic (exact) mass is 272 g/mol. The summed E-state index contributed by atoms with van der Waals surface area (Å²) in [6.07, 6.45) is 10.5. The Bertz CT molecular complexity index is 485. The molecule has 2 rings (SSSR count). The summed E-state index contributed by atoms with van der Waals surface area (Å²) >= 11 is 0. The van der Waals surface area contributed by atoms with Gasteiger partial charge in [-0.3, -0.25) is 0 Å². The highest BCUT2D eigenvalue weighted by atomic mass is 16.5. The smallest absolute Gasteiger partial charge is 0.125 e. The second-order valence-electron chi connectivity index (χ2n) is 5.28. The van der Waals surface area contributed by atoms with Gasteiger partial charge in [0.2, 0.25) is 0 Å². The van der Waals surface area contributed by atoms with Crippen LogP contribution in [0.15, 0.2) is 36.9 Å². The first-order chi connectivity index (χ1) is 9.77. The molecular formula is C17H24N2O. The van der Waals surface area contributed by atoms with E-state index in [-0.39, 0.29) is 0 Å². The Balaban J connectivity index is 1.57. The Morgan fingerprint density at radius 3 is 2.50 bits per heavy atom. The number of hydrogen-bond acceptors (Lipinski definition) is 2. The summed E-state index contributed by atoms with van der Waals surface area (Å²) in [5, 5.41) is 0. The molecule has 0 unspecified atom stereocenters. The number of rotatable bonds is 8. The van der Waals surface area contributed by atoms with Crippen LogP contribution in [0.1, 0.15) is 36.8 Å². The van der Waals surface area contributed by atoms with Gasteiger partial charge in [-0.2, -0.15) is 0 Å². The predicted molar refractivity (Wildman–Crippen MR) is 82.1 cm³/mol. The van der Waals surface area contributed by atoms with Crippen molar-refractivity contribution in [3.8, 4) is 5.75 Å². The zero-order chi connectivity index (χ0) is 14.2. The Labute approximate surface area is 121 Å². The minimum absolute atomic E-state index is 0.816. The highest BCUT2D eigenvalue weighted by Gasteiger charge is 2.02. The molecule has 0 bridgehead atoms. The highest BCUT2D eigenvalue weighted by Crippen LogP contribution is 2.22. The lowest BCUT2D eigenvalue weighted by molar-refractivity contribution is 0.300. The van der Waals surface area contributed by atoms with Crippen LogP contribution in [0, 0.1) is 13.8 Å². The van der Waals surface area contributed by atoms with Crippen molar-refractivity contribution in [3.63, 3.8) is 0 Å². The van der Waals surface area contributed by atoms with Gasteiger partial charge in [0.25, 0.3) is 0 Å². The third kappa shape index (κ3) is 4.41. The number of para-hydroxylation sites is 1. The molecule has 2 aromatic rings. The average molecular weight is 272 g/mol. The molecule has 0 radical (unpaired) electrons. The largest absolute Gasteiger partial charge is 0.493 e. The maximum absolute atomic E-state index is 5.90. The Morgan fingerprint density at radius 1 is 1.05 bits per heavy atom. The van der Waals surface area contributed by atoms with Gasteiger partial charge in [-0.1, -0.05) is 31.0 Å². The van der Waals surface area contributed by atoms with Crippen LogP contribution in [-0.4, -0.2) is 16.2 Å². The molecule has 0 amide bonds. The van der Waals surface area contributed by atoms with Gasteiger partial charge in [-0.05, 0) is 37.8 Å². The molecule has 0 aliphatic heterocycles. The average Bonchev–Trinajstić information content (AvgIpc) is 2.93. The van der Waals surface area contributed by atoms with E-state index in [1.54, 1.807) is 0 Å². The molecule has 0 saturated heterocycles. The number of imidazole rings is 1. The summed E-state index contributed by atoms with van der Waals surface area (Å²) in [4.78, 5) is 4.04. The number of aryl methyl sites for hydroxylation is 3. The molecule has 0 saturated carbocycles. The molecule has 0 fully saturated rings. The van der Waals surface area contributed by atoms with Crippen molar-refractivity contribution in [2.75, 3.05) is 6.61 Å². The predicted octanol–water partition coefficient (Wildman–Crippen LogP) is 4.14. The van der Waals surface area contributed by atoms with E-state index >= 15 is 0 Å². The fourth-order valence-electron chi connectivity index (χ4n) is 2.37. The topological polar surface area (TPSA) is 27.1 Å². The van der Waals surface area contributed by atoms with Gasteiger partial charge in [0.05, 0.1) is 12.9 Å². The van der Waals surface area contributed by atoms with Crippen LogP contribution in [0.4, 0.5) is 0 Å². The van der Waals surface area contributed by atoms with Gasteiger partial charge in [0.15, 0.2) is 0 Å². The number of aromatic nitrogens is 2. The number of ether oxygens (including phenoxy) is 1. The molecule has 0 N–H and O–H groups in total. The molecular weight excluding hydrogens is 248 g/mol. The third-order valence-corrected chi connectivity index (χ3v) is 3.53. The Kier molecular flexibility index (Phi) is 5.66. The van der Waals surface area contributed by atoms with Gasteiger partial charge in [-0.15, -0.1) is 0 Å². The van der Waals surface area contributed by atoms with Crippen molar-refractivity contribution < 1.29 is 4.74 Å². The van der Waals surface area contributed by atoms with E-state index in [0.717, 1.165) is 25.3 Å². The standard InChI is InChI=1S/C17H24N2O/c1-15-8-7-9-16(2)17(15)20-13-6-4-3-5-11-19-12-10-18-14-19/h7-10,12,14H,3-6,11,13H2,1-2H3. The lowest BCUT2D eigenvalue weighted by atomic mass is 10.1. The van der Waals surface area contributed by atoms with Gasteiger partial charge < -0.3 is 9.30 Å². The maximum Gasteiger partial charge on any atom is 0.125 e. The van der Waals surface area contributed by atoms with Gasteiger partial charge in [0, 0.05) is 18.9 Å². The lowest BCUT2D eigenvalue weighted by Crippen LogP contribution is -2.01. The van der Waals surface area contributed by atoms with E-state index in [2.05, 4.69) is 41.6 Å². The first kappa shape index (κ1) is 14.6. The number of benzene rings is 1. The van der Waals surface area contributed by atoms with Crippen molar-refractivity contribution in [1.29, 1.82) is 0 Å². The molecule has 3 nitrogen and oxygen atoms in total. The zero-order valence-corrected chi connectivity index (χ0v) is 12.5. The van der Waals surface area contributed by atoms with E-state index in [4.69, 9.17) is 4.74 Å². The molecule has 20 heavy (non-hydrogen) atoms. The molecule has 1 heterocycles. The minimum atomic E-state index is 0.816. The van der Waals surface area contributed by atoms with Crippen molar-refractivity contribution >= 4 is 0 Å². The van der Waals surface area contributed by atoms with Crippen LogP contribution in [-0.2, 0) is 6.54 Å². The second-order valence-corrected chi connectivity index (χ2v) is 5.28. The number of unbranched alkanes of at least 4 members (excludes halogenated alkanes) is 3. The van der Waals surface area contributed by atoms with E-state index in [9.17, 15) is 0 Å². The fraction of sp³-hybridized carbons (Fsp3) is 0.471. The summed E-state index contributed by atoms with van der Waals surface area (Å²) in [6, 6.07) is 6.29. The summed E-state index contributed by atoms with van der Waals surface area (Å²) in [6.45, 7) is 6.09. The molecule has 1 aromatic heterocycles.